The van der Waals surface area contributed by atoms with Crippen molar-refractivity contribution < 1.29 is 9.84 Å². The van der Waals surface area contributed by atoms with Gasteiger partial charge in [0.2, 0.25) is 0 Å². The van der Waals surface area contributed by atoms with E-state index in [4.69, 9.17) is 9.84 Å². The topological polar surface area (TPSA) is 29.5 Å². The van der Waals surface area contributed by atoms with Crippen molar-refractivity contribution in [1.29, 1.82) is 0 Å². The molecule has 0 aliphatic carbocycles. The zero-order valence-electron chi connectivity index (χ0n) is 7.09. The molecule has 1 rings (SSSR count). The monoisotopic (exact) mass is 161 g/mol. The zero-order chi connectivity index (χ0) is 7.56. The predicted octanol–water partition coefficient (Wildman–Crippen LogP) is 1.33. The maximum absolute atomic E-state index is 9.04. The summed E-state index contributed by atoms with van der Waals surface area (Å²) < 4.78 is 4.92. The summed E-state index contributed by atoms with van der Waals surface area (Å²) in [6, 6.07) is 5.12. The molecule has 0 aliphatic heterocycles. The first-order chi connectivity index (χ1) is 4.72. The molecule has 0 spiro atoms. The summed E-state index contributed by atoms with van der Waals surface area (Å²) in [5.74, 6) is 0.939. The van der Waals surface area contributed by atoms with Crippen LogP contribution in [0.5, 0.6) is 11.5 Å². The molecule has 0 atom stereocenters. The molecule has 3 heteroatoms. The van der Waals surface area contributed by atoms with Gasteiger partial charge in [-0.2, -0.15) is 0 Å². The van der Waals surface area contributed by atoms with E-state index in [-0.39, 0.29) is 35.3 Å². The molecule has 1 radical (unpaired) electrons. The van der Waals surface area contributed by atoms with Gasteiger partial charge in [-0.25, -0.2) is 0 Å². The van der Waals surface area contributed by atoms with Crippen LogP contribution in [0.25, 0.3) is 0 Å². The predicted molar refractivity (Wildman–Crippen MR) is 45.1 cm³/mol. The second-order valence-electron chi connectivity index (χ2n) is 2.21. The number of aryl methyl sites for hydroxylation is 1. The number of rotatable bonds is 1. The Balaban J connectivity index is 0.000001000. The Bertz CT molecular complexity index is 215. The fourth-order valence-electron chi connectivity index (χ4n) is 0.846. The van der Waals surface area contributed by atoms with Gasteiger partial charge in [0.05, 0.1) is 7.11 Å². The SMILES string of the molecule is COc1cc(C)cc(O)c1.[Na]. The first-order valence-corrected chi connectivity index (χ1v) is 3.07. The fraction of sp³-hybridized carbons (Fsp3) is 0.250. The van der Waals surface area contributed by atoms with Crippen LogP contribution in [0.4, 0.5) is 0 Å². The molecule has 1 N–H and O–H groups in total. The second-order valence-corrected chi connectivity index (χ2v) is 2.21. The number of ether oxygens (including phenoxy) is 1. The quantitative estimate of drug-likeness (QED) is 0.629. The summed E-state index contributed by atoms with van der Waals surface area (Å²) in [7, 11) is 1.58. The molecule has 1 aromatic rings. The molecule has 0 saturated heterocycles. The molecular formula is C8H10NaO2. The van der Waals surface area contributed by atoms with Gasteiger partial charge in [0.25, 0.3) is 0 Å². The van der Waals surface area contributed by atoms with Crippen LogP contribution in [0.3, 0.4) is 0 Å². The molecule has 0 amide bonds. The van der Waals surface area contributed by atoms with Gasteiger partial charge in [-0.3, -0.25) is 0 Å². The minimum absolute atomic E-state index is 0. The van der Waals surface area contributed by atoms with Crippen LogP contribution in [-0.4, -0.2) is 41.8 Å². The van der Waals surface area contributed by atoms with Crippen LogP contribution >= 0.6 is 0 Å². The minimum atomic E-state index is 0. The van der Waals surface area contributed by atoms with E-state index in [0.29, 0.717) is 5.75 Å². The molecule has 0 fully saturated rings. The molecular weight excluding hydrogens is 151 g/mol. The smallest absolute Gasteiger partial charge is 0.122 e. The van der Waals surface area contributed by atoms with Crippen molar-refractivity contribution in [2.45, 2.75) is 6.92 Å². The van der Waals surface area contributed by atoms with Crippen LogP contribution in [-0.2, 0) is 0 Å². The van der Waals surface area contributed by atoms with Gasteiger partial charge >= 0.3 is 0 Å². The second kappa shape index (κ2) is 4.65. The van der Waals surface area contributed by atoms with Crippen molar-refractivity contribution in [1.82, 2.24) is 0 Å². The van der Waals surface area contributed by atoms with Crippen LogP contribution in [0.2, 0.25) is 0 Å². The third-order valence-electron chi connectivity index (χ3n) is 1.27. The average Bonchev–Trinajstić information content (AvgIpc) is 1.85. The average molecular weight is 161 g/mol. The van der Waals surface area contributed by atoms with Gasteiger partial charge < -0.3 is 9.84 Å². The van der Waals surface area contributed by atoms with Crippen LogP contribution in [0.1, 0.15) is 5.56 Å². The molecule has 1 aromatic carbocycles. The van der Waals surface area contributed by atoms with Crippen LogP contribution < -0.4 is 4.74 Å². The van der Waals surface area contributed by atoms with E-state index in [1.54, 1.807) is 19.2 Å². The van der Waals surface area contributed by atoms with Gasteiger partial charge in [0.15, 0.2) is 0 Å². The van der Waals surface area contributed by atoms with Crippen LogP contribution in [0.15, 0.2) is 18.2 Å². The summed E-state index contributed by atoms with van der Waals surface area (Å²) in [6.07, 6.45) is 0. The summed E-state index contributed by atoms with van der Waals surface area (Å²) in [5, 5.41) is 9.04. The van der Waals surface area contributed by atoms with E-state index < -0.39 is 0 Å². The van der Waals surface area contributed by atoms with E-state index in [1.165, 1.54) is 0 Å². The molecule has 0 unspecified atom stereocenters. The maximum Gasteiger partial charge on any atom is 0.122 e. The Morgan fingerprint density at radius 2 is 1.91 bits per heavy atom. The van der Waals surface area contributed by atoms with Gasteiger partial charge in [0.1, 0.15) is 11.5 Å². The van der Waals surface area contributed by atoms with Crippen molar-refractivity contribution >= 4 is 29.6 Å². The normalized spacial score (nSPS) is 8.55. The number of hydrogen-bond donors (Lipinski definition) is 1. The largest absolute Gasteiger partial charge is 0.508 e. The summed E-state index contributed by atoms with van der Waals surface area (Å²) >= 11 is 0. The number of phenols is 1. The molecule has 0 aromatic heterocycles. The first-order valence-electron chi connectivity index (χ1n) is 3.07. The van der Waals surface area contributed by atoms with Gasteiger partial charge in [0, 0.05) is 35.6 Å². The first kappa shape index (κ1) is 10.8. The van der Waals surface area contributed by atoms with Gasteiger partial charge in [-0.1, -0.05) is 0 Å². The number of hydrogen-bond acceptors (Lipinski definition) is 2. The standard InChI is InChI=1S/C8H10O2.Na/c1-6-3-7(9)5-8(4-6)10-2;/h3-5,9H,1-2H3;. The number of phenolic OH excluding ortho intramolecular Hbond substituents is 1. The Morgan fingerprint density at radius 1 is 1.27 bits per heavy atom. The summed E-state index contributed by atoms with van der Waals surface area (Å²) in [4.78, 5) is 0. The van der Waals surface area contributed by atoms with E-state index >= 15 is 0 Å². The van der Waals surface area contributed by atoms with E-state index in [9.17, 15) is 0 Å². The van der Waals surface area contributed by atoms with Crippen molar-refractivity contribution in [2.75, 3.05) is 7.11 Å². The summed E-state index contributed by atoms with van der Waals surface area (Å²) in [6.45, 7) is 1.90. The van der Waals surface area contributed by atoms with Crippen molar-refractivity contribution in [3.8, 4) is 11.5 Å². The fourth-order valence-corrected chi connectivity index (χ4v) is 0.846. The van der Waals surface area contributed by atoms with E-state index in [0.717, 1.165) is 5.56 Å². The van der Waals surface area contributed by atoms with Crippen molar-refractivity contribution in [3.05, 3.63) is 23.8 Å². The van der Waals surface area contributed by atoms with Gasteiger partial charge in [-0.05, 0) is 24.6 Å². The van der Waals surface area contributed by atoms with Crippen molar-refractivity contribution in [2.24, 2.45) is 0 Å². The van der Waals surface area contributed by atoms with Crippen LogP contribution in [0, 0.1) is 6.92 Å². The molecule has 0 heterocycles. The third-order valence-corrected chi connectivity index (χ3v) is 1.27. The number of methoxy groups -OCH3 is 1. The third kappa shape index (κ3) is 3.14. The number of benzene rings is 1. The van der Waals surface area contributed by atoms with E-state index in [2.05, 4.69) is 0 Å². The number of aromatic hydroxyl groups is 1. The Hall–Kier alpha value is -0.180. The molecule has 55 valence electrons. The molecule has 2 nitrogen and oxygen atoms in total. The molecule has 0 bridgehead atoms. The Labute approximate surface area is 88.5 Å². The van der Waals surface area contributed by atoms with E-state index in [1.807, 2.05) is 13.0 Å². The molecule has 0 aliphatic rings. The summed E-state index contributed by atoms with van der Waals surface area (Å²) in [5.41, 5.74) is 0.997. The zero-order valence-corrected chi connectivity index (χ0v) is 9.09. The molecule has 11 heavy (non-hydrogen) atoms. The Kier molecular flexibility index (Phi) is 4.57. The van der Waals surface area contributed by atoms with Crippen molar-refractivity contribution in [3.63, 3.8) is 0 Å². The maximum atomic E-state index is 9.04. The minimum Gasteiger partial charge on any atom is -0.508 e. The molecule has 0 saturated carbocycles. The van der Waals surface area contributed by atoms with Gasteiger partial charge in [-0.15, -0.1) is 0 Å². The Morgan fingerprint density at radius 3 is 2.36 bits per heavy atom.